The minimum Gasteiger partial charge on any atom is -0.507 e. The molecule has 1 amide bonds. The molecule has 1 fully saturated rings. The maximum atomic E-state index is 12.1. The summed E-state index contributed by atoms with van der Waals surface area (Å²) >= 11 is 3.32. The van der Waals surface area contributed by atoms with Gasteiger partial charge in [0, 0.05) is 10.0 Å². The summed E-state index contributed by atoms with van der Waals surface area (Å²) < 4.78 is 0.862. The highest BCUT2D eigenvalue weighted by molar-refractivity contribution is 9.10. The van der Waals surface area contributed by atoms with Crippen molar-refractivity contribution < 1.29 is 14.7 Å². The SMILES string of the molecule is O=C1NC(c2ccccc2)/C(=C(\O)c2ccc(Br)cc2)C1=O. The van der Waals surface area contributed by atoms with E-state index in [4.69, 9.17) is 0 Å². The number of hydrogen-bond donors (Lipinski definition) is 2. The van der Waals surface area contributed by atoms with Gasteiger partial charge in [-0.2, -0.15) is 0 Å². The van der Waals surface area contributed by atoms with Crippen LogP contribution >= 0.6 is 15.9 Å². The Morgan fingerprint density at radius 3 is 2.27 bits per heavy atom. The van der Waals surface area contributed by atoms with Crippen molar-refractivity contribution in [2.24, 2.45) is 0 Å². The molecule has 1 aliphatic rings. The summed E-state index contributed by atoms with van der Waals surface area (Å²) in [6.45, 7) is 0. The smallest absolute Gasteiger partial charge is 0.293 e. The number of carbonyl (C=O) groups excluding carboxylic acids is 2. The summed E-state index contributed by atoms with van der Waals surface area (Å²) in [4.78, 5) is 23.9. The number of halogens is 1. The van der Waals surface area contributed by atoms with Crippen LogP contribution < -0.4 is 5.32 Å². The van der Waals surface area contributed by atoms with Crippen molar-refractivity contribution in [3.05, 3.63) is 75.8 Å². The van der Waals surface area contributed by atoms with E-state index in [1.165, 1.54) is 0 Å². The van der Waals surface area contributed by atoms with Gasteiger partial charge < -0.3 is 10.4 Å². The zero-order chi connectivity index (χ0) is 15.7. The number of amides is 1. The highest BCUT2D eigenvalue weighted by Gasteiger charge is 2.39. The van der Waals surface area contributed by atoms with E-state index in [1.54, 1.807) is 36.4 Å². The van der Waals surface area contributed by atoms with Gasteiger partial charge in [-0.3, -0.25) is 9.59 Å². The summed E-state index contributed by atoms with van der Waals surface area (Å²) in [6.07, 6.45) is 0. The fourth-order valence-corrected chi connectivity index (χ4v) is 2.69. The van der Waals surface area contributed by atoms with Crippen molar-refractivity contribution in [3.63, 3.8) is 0 Å². The van der Waals surface area contributed by atoms with Gasteiger partial charge in [-0.05, 0) is 17.7 Å². The van der Waals surface area contributed by atoms with Gasteiger partial charge in [-0.15, -0.1) is 0 Å². The Hall–Kier alpha value is -2.40. The maximum absolute atomic E-state index is 12.1. The largest absolute Gasteiger partial charge is 0.507 e. The molecule has 0 aromatic heterocycles. The fraction of sp³-hybridized carbons (Fsp3) is 0.0588. The topological polar surface area (TPSA) is 66.4 Å². The number of carbonyl (C=O) groups is 2. The summed E-state index contributed by atoms with van der Waals surface area (Å²) in [5.74, 6) is -1.58. The number of benzene rings is 2. The molecule has 0 radical (unpaired) electrons. The van der Waals surface area contributed by atoms with Gasteiger partial charge in [-0.1, -0.05) is 58.4 Å². The normalized spacial score (nSPS) is 20.0. The number of nitrogens with one attached hydrogen (secondary N) is 1. The molecule has 110 valence electrons. The van der Waals surface area contributed by atoms with Crippen molar-refractivity contribution >= 4 is 33.4 Å². The molecular formula is C17H12BrNO3. The third-order valence-corrected chi connectivity index (χ3v) is 4.05. The van der Waals surface area contributed by atoms with E-state index in [0.29, 0.717) is 5.56 Å². The monoisotopic (exact) mass is 357 g/mol. The summed E-state index contributed by atoms with van der Waals surface area (Å²) in [7, 11) is 0. The van der Waals surface area contributed by atoms with E-state index in [1.807, 2.05) is 18.2 Å². The van der Waals surface area contributed by atoms with Crippen LogP contribution in [0.1, 0.15) is 17.2 Å². The lowest BCUT2D eigenvalue weighted by molar-refractivity contribution is -0.133. The number of rotatable bonds is 2. The number of aliphatic hydroxyl groups is 1. The molecule has 4 nitrogen and oxygen atoms in total. The predicted octanol–water partition coefficient (Wildman–Crippen LogP) is 3.16. The van der Waals surface area contributed by atoms with Crippen molar-refractivity contribution in [1.82, 2.24) is 5.32 Å². The molecule has 3 rings (SSSR count). The lowest BCUT2D eigenvalue weighted by Gasteiger charge is -2.13. The maximum Gasteiger partial charge on any atom is 0.293 e. The molecule has 2 aromatic rings. The van der Waals surface area contributed by atoms with Crippen LogP contribution in [-0.2, 0) is 9.59 Å². The fourth-order valence-electron chi connectivity index (χ4n) is 2.43. The highest BCUT2D eigenvalue weighted by atomic mass is 79.9. The van der Waals surface area contributed by atoms with Gasteiger partial charge in [0.25, 0.3) is 11.7 Å². The first-order valence-corrected chi connectivity index (χ1v) is 7.46. The van der Waals surface area contributed by atoms with Crippen LogP contribution in [0.4, 0.5) is 0 Å². The Morgan fingerprint density at radius 2 is 1.64 bits per heavy atom. The molecule has 0 spiro atoms. The number of hydrogen-bond acceptors (Lipinski definition) is 3. The Kier molecular flexibility index (Phi) is 3.81. The molecule has 5 heteroatoms. The summed E-state index contributed by atoms with van der Waals surface area (Å²) in [5, 5.41) is 13.1. The first-order valence-electron chi connectivity index (χ1n) is 6.67. The Morgan fingerprint density at radius 1 is 1.00 bits per heavy atom. The first-order chi connectivity index (χ1) is 10.6. The van der Waals surface area contributed by atoms with Crippen LogP contribution in [0.2, 0.25) is 0 Å². The molecule has 22 heavy (non-hydrogen) atoms. The molecule has 1 unspecified atom stereocenters. The van der Waals surface area contributed by atoms with Gasteiger partial charge in [-0.25, -0.2) is 0 Å². The van der Waals surface area contributed by atoms with E-state index in [9.17, 15) is 14.7 Å². The molecule has 2 N–H and O–H groups in total. The van der Waals surface area contributed by atoms with Crippen molar-refractivity contribution in [1.29, 1.82) is 0 Å². The predicted molar refractivity (Wildman–Crippen MR) is 86.0 cm³/mol. The first kappa shape index (κ1) is 14.5. The van der Waals surface area contributed by atoms with Crippen LogP contribution in [0.3, 0.4) is 0 Å². The third-order valence-electron chi connectivity index (χ3n) is 3.52. The van der Waals surface area contributed by atoms with E-state index in [2.05, 4.69) is 21.2 Å². The average molecular weight is 358 g/mol. The molecule has 0 aliphatic carbocycles. The number of ketones is 1. The molecule has 1 aliphatic heterocycles. The standard InChI is InChI=1S/C17H12BrNO3/c18-12-8-6-11(7-9-12)15(20)13-14(19-17(22)16(13)21)10-4-2-1-3-5-10/h1-9,14,20H,(H,19,22)/b15-13+. The zero-order valence-electron chi connectivity index (χ0n) is 11.4. The number of aliphatic hydroxyl groups excluding tert-OH is 1. The second-order valence-corrected chi connectivity index (χ2v) is 5.83. The minimum atomic E-state index is -0.701. The molecule has 2 aromatic carbocycles. The highest BCUT2D eigenvalue weighted by Crippen LogP contribution is 2.32. The Bertz CT molecular complexity index is 766. The van der Waals surface area contributed by atoms with Gasteiger partial charge in [0.15, 0.2) is 0 Å². The second-order valence-electron chi connectivity index (χ2n) is 4.92. The summed E-state index contributed by atoms with van der Waals surface area (Å²) in [5.41, 5.74) is 1.32. The average Bonchev–Trinajstić information content (AvgIpc) is 2.84. The zero-order valence-corrected chi connectivity index (χ0v) is 13.0. The molecule has 1 heterocycles. The molecule has 0 bridgehead atoms. The molecule has 1 saturated heterocycles. The number of Topliss-reactive ketones (excluding diaryl/α,β-unsaturated/α-hetero) is 1. The second kappa shape index (κ2) is 5.77. The van der Waals surface area contributed by atoms with E-state index >= 15 is 0 Å². The van der Waals surface area contributed by atoms with E-state index in [-0.39, 0.29) is 11.3 Å². The van der Waals surface area contributed by atoms with Crippen LogP contribution in [0.25, 0.3) is 5.76 Å². The molecular weight excluding hydrogens is 346 g/mol. The van der Waals surface area contributed by atoms with E-state index in [0.717, 1.165) is 10.0 Å². The van der Waals surface area contributed by atoms with Crippen molar-refractivity contribution in [2.75, 3.05) is 0 Å². The lowest BCUT2D eigenvalue weighted by Crippen LogP contribution is -2.21. The minimum absolute atomic E-state index is 0.0820. The summed E-state index contributed by atoms with van der Waals surface area (Å²) in [6, 6.07) is 15.4. The van der Waals surface area contributed by atoms with Crippen LogP contribution in [-0.4, -0.2) is 16.8 Å². The lowest BCUT2D eigenvalue weighted by atomic mass is 9.96. The van der Waals surface area contributed by atoms with Crippen LogP contribution in [0.5, 0.6) is 0 Å². The van der Waals surface area contributed by atoms with Gasteiger partial charge >= 0.3 is 0 Å². The van der Waals surface area contributed by atoms with Gasteiger partial charge in [0.1, 0.15) is 5.76 Å². The molecule has 0 saturated carbocycles. The van der Waals surface area contributed by atoms with Crippen molar-refractivity contribution in [3.8, 4) is 0 Å². The van der Waals surface area contributed by atoms with Gasteiger partial charge in [0.2, 0.25) is 0 Å². The third kappa shape index (κ3) is 2.55. The van der Waals surface area contributed by atoms with Crippen LogP contribution in [0, 0.1) is 0 Å². The van der Waals surface area contributed by atoms with Crippen LogP contribution in [0.15, 0.2) is 64.6 Å². The Balaban J connectivity index is 2.11. The quantitative estimate of drug-likeness (QED) is 0.492. The molecule has 1 atom stereocenters. The Labute approximate surface area is 135 Å². The van der Waals surface area contributed by atoms with Gasteiger partial charge in [0.05, 0.1) is 11.6 Å². The van der Waals surface area contributed by atoms with Crippen molar-refractivity contribution in [2.45, 2.75) is 6.04 Å². The van der Waals surface area contributed by atoms with E-state index < -0.39 is 17.7 Å².